The summed E-state index contributed by atoms with van der Waals surface area (Å²) in [6.45, 7) is 3.58. The van der Waals surface area contributed by atoms with Gasteiger partial charge in [-0.1, -0.05) is 37.9 Å². The normalized spacial score (nSPS) is 17.1. The van der Waals surface area contributed by atoms with E-state index in [0.29, 0.717) is 6.42 Å². The van der Waals surface area contributed by atoms with Crippen LogP contribution in [0.2, 0.25) is 5.02 Å². The Morgan fingerprint density at radius 1 is 1.37 bits per heavy atom. The van der Waals surface area contributed by atoms with Gasteiger partial charge in [0.25, 0.3) is 0 Å². The van der Waals surface area contributed by atoms with Crippen LogP contribution in [0.25, 0.3) is 0 Å². The lowest BCUT2D eigenvalue weighted by molar-refractivity contribution is -0.138. The Bertz CT molecular complexity index is 436. The number of alkyl halides is 3. The van der Waals surface area contributed by atoms with E-state index in [4.69, 9.17) is 17.3 Å². The fraction of sp³-hybridized carbons (Fsp3) is 0.538. The monoisotopic (exact) mass is 295 g/mol. The third-order valence-corrected chi connectivity index (χ3v) is 3.51. The molecule has 0 heterocycles. The largest absolute Gasteiger partial charge is 0.416 e. The third kappa shape index (κ3) is 3.84. The minimum atomic E-state index is -4.55. The highest BCUT2D eigenvalue weighted by Crippen LogP contribution is 2.37. The van der Waals surface area contributed by atoms with Gasteiger partial charge in [0.15, 0.2) is 0 Å². The molecule has 1 aromatic carbocycles. The number of benzene rings is 1. The van der Waals surface area contributed by atoms with Crippen molar-refractivity contribution in [1.82, 2.24) is 0 Å². The Labute approximate surface area is 115 Å². The lowest BCUT2D eigenvalue weighted by atomic mass is 9.89. The zero-order valence-electron chi connectivity index (χ0n) is 10.7. The molecule has 3 atom stereocenters. The molecule has 1 unspecified atom stereocenters. The van der Waals surface area contributed by atoms with Gasteiger partial charge in [-0.25, -0.2) is 0 Å². The van der Waals surface area contributed by atoms with Crippen LogP contribution in [0, 0.1) is 5.92 Å². The second-order valence-electron chi connectivity index (χ2n) is 4.63. The molecular weight excluding hydrogens is 279 g/mol. The number of halogens is 4. The van der Waals surface area contributed by atoms with Gasteiger partial charge in [0.05, 0.1) is 17.7 Å². The Balaban J connectivity index is 3.20. The molecule has 0 saturated carbocycles. The maximum atomic E-state index is 12.9. The van der Waals surface area contributed by atoms with E-state index in [1.807, 2.05) is 6.92 Å². The first-order valence-electron chi connectivity index (χ1n) is 5.98. The molecule has 19 heavy (non-hydrogen) atoms. The molecule has 3 N–H and O–H groups in total. The van der Waals surface area contributed by atoms with Gasteiger partial charge in [-0.05, 0) is 23.6 Å². The van der Waals surface area contributed by atoms with Gasteiger partial charge < -0.3 is 10.8 Å². The van der Waals surface area contributed by atoms with E-state index in [2.05, 4.69) is 0 Å². The Hall–Kier alpha value is -0.780. The lowest BCUT2D eigenvalue weighted by Gasteiger charge is -2.26. The van der Waals surface area contributed by atoms with Crippen LogP contribution in [-0.4, -0.2) is 11.2 Å². The number of rotatable bonds is 4. The summed E-state index contributed by atoms with van der Waals surface area (Å²) in [4.78, 5) is 0. The minimum Gasteiger partial charge on any atom is -0.391 e. The lowest BCUT2D eigenvalue weighted by Crippen LogP contribution is -2.33. The number of nitrogens with two attached hydrogens (primary N) is 1. The molecule has 1 aromatic rings. The van der Waals surface area contributed by atoms with Crippen molar-refractivity contribution in [2.24, 2.45) is 11.7 Å². The summed E-state index contributed by atoms with van der Waals surface area (Å²) < 4.78 is 38.8. The van der Waals surface area contributed by atoms with Crippen molar-refractivity contribution in [1.29, 1.82) is 0 Å². The molecule has 108 valence electrons. The van der Waals surface area contributed by atoms with Crippen LogP contribution in [0.15, 0.2) is 18.2 Å². The molecule has 0 saturated heterocycles. The molecule has 0 amide bonds. The number of hydrogen-bond acceptors (Lipinski definition) is 2. The molecule has 6 heteroatoms. The average molecular weight is 296 g/mol. The SMILES string of the molecule is CCC(C)[C@H](O)[C@H](N)c1ccc(Cl)cc1C(F)(F)F. The highest BCUT2D eigenvalue weighted by molar-refractivity contribution is 6.30. The van der Waals surface area contributed by atoms with Crippen LogP contribution in [0.1, 0.15) is 37.4 Å². The summed E-state index contributed by atoms with van der Waals surface area (Å²) in [7, 11) is 0. The van der Waals surface area contributed by atoms with Gasteiger partial charge in [-0.15, -0.1) is 0 Å². The summed E-state index contributed by atoms with van der Waals surface area (Å²) in [5.41, 5.74) is 4.74. The molecule has 0 spiro atoms. The van der Waals surface area contributed by atoms with Gasteiger partial charge in [0.1, 0.15) is 0 Å². The van der Waals surface area contributed by atoms with Gasteiger partial charge >= 0.3 is 6.18 Å². The molecule has 0 aliphatic carbocycles. The van der Waals surface area contributed by atoms with E-state index >= 15 is 0 Å². The highest BCUT2D eigenvalue weighted by atomic mass is 35.5. The minimum absolute atomic E-state index is 0.0127. The molecule has 0 aliphatic heterocycles. The second kappa shape index (κ2) is 6.11. The van der Waals surface area contributed by atoms with Crippen molar-refractivity contribution in [2.45, 2.75) is 38.6 Å². The molecule has 0 aromatic heterocycles. The molecule has 0 fully saturated rings. The molecule has 0 radical (unpaired) electrons. The fourth-order valence-electron chi connectivity index (χ4n) is 1.84. The van der Waals surface area contributed by atoms with Crippen molar-refractivity contribution in [2.75, 3.05) is 0 Å². The molecule has 2 nitrogen and oxygen atoms in total. The predicted molar refractivity (Wildman–Crippen MR) is 68.8 cm³/mol. The van der Waals surface area contributed by atoms with Gasteiger partial charge in [-0.3, -0.25) is 0 Å². The van der Waals surface area contributed by atoms with E-state index in [-0.39, 0.29) is 16.5 Å². The van der Waals surface area contributed by atoms with E-state index in [0.717, 1.165) is 6.07 Å². The van der Waals surface area contributed by atoms with Crippen molar-refractivity contribution < 1.29 is 18.3 Å². The quantitative estimate of drug-likeness (QED) is 0.888. The highest BCUT2D eigenvalue weighted by Gasteiger charge is 2.36. The molecule has 0 aliphatic rings. The van der Waals surface area contributed by atoms with E-state index in [9.17, 15) is 18.3 Å². The molecule has 0 bridgehead atoms. The standard InChI is InChI=1S/C13H17ClF3NO/c1-3-7(2)12(19)11(18)9-5-4-8(14)6-10(9)13(15,16)17/h4-7,11-12,19H,3,18H2,1-2H3/t7?,11-,12+/m1/s1. The average Bonchev–Trinajstić information content (AvgIpc) is 2.35. The maximum Gasteiger partial charge on any atom is 0.416 e. The first-order valence-corrected chi connectivity index (χ1v) is 6.36. The predicted octanol–water partition coefficient (Wildman–Crippen LogP) is 3.77. The zero-order valence-corrected chi connectivity index (χ0v) is 11.5. The van der Waals surface area contributed by atoms with Crippen LogP contribution in [0.4, 0.5) is 13.2 Å². The number of aliphatic hydroxyl groups excluding tert-OH is 1. The van der Waals surface area contributed by atoms with Crippen LogP contribution in [0.5, 0.6) is 0 Å². The Kier molecular flexibility index (Phi) is 5.24. The maximum absolute atomic E-state index is 12.9. The Morgan fingerprint density at radius 3 is 2.42 bits per heavy atom. The van der Waals surface area contributed by atoms with Gasteiger partial charge in [0.2, 0.25) is 0 Å². The first kappa shape index (κ1) is 16.3. The van der Waals surface area contributed by atoms with Crippen LogP contribution >= 0.6 is 11.6 Å². The van der Waals surface area contributed by atoms with Crippen molar-refractivity contribution in [3.8, 4) is 0 Å². The second-order valence-corrected chi connectivity index (χ2v) is 5.07. The summed E-state index contributed by atoms with van der Waals surface area (Å²) in [6, 6.07) is 2.31. The number of hydrogen-bond donors (Lipinski definition) is 2. The summed E-state index contributed by atoms with van der Waals surface area (Å²) in [5.74, 6) is -0.188. The van der Waals surface area contributed by atoms with Crippen LogP contribution in [-0.2, 0) is 6.18 Å². The van der Waals surface area contributed by atoms with Crippen molar-refractivity contribution in [3.05, 3.63) is 34.3 Å². The third-order valence-electron chi connectivity index (χ3n) is 3.27. The van der Waals surface area contributed by atoms with E-state index in [1.165, 1.54) is 12.1 Å². The summed E-state index contributed by atoms with van der Waals surface area (Å²) in [5, 5.41) is 9.96. The fourth-order valence-corrected chi connectivity index (χ4v) is 2.02. The zero-order chi connectivity index (χ0) is 14.8. The van der Waals surface area contributed by atoms with Crippen molar-refractivity contribution >= 4 is 11.6 Å². The molecular formula is C13H17ClF3NO. The van der Waals surface area contributed by atoms with Gasteiger partial charge in [-0.2, -0.15) is 13.2 Å². The van der Waals surface area contributed by atoms with Crippen LogP contribution in [0.3, 0.4) is 0 Å². The molecule has 1 rings (SSSR count). The van der Waals surface area contributed by atoms with E-state index in [1.54, 1.807) is 6.92 Å². The van der Waals surface area contributed by atoms with E-state index < -0.39 is 23.9 Å². The Morgan fingerprint density at radius 2 is 1.95 bits per heavy atom. The number of aliphatic hydroxyl groups is 1. The van der Waals surface area contributed by atoms with Crippen LogP contribution < -0.4 is 5.73 Å². The summed E-state index contributed by atoms with van der Waals surface area (Å²) >= 11 is 5.59. The summed E-state index contributed by atoms with van der Waals surface area (Å²) in [6.07, 6.45) is -4.95. The van der Waals surface area contributed by atoms with Crippen molar-refractivity contribution in [3.63, 3.8) is 0 Å². The van der Waals surface area contributed by atoms with Gasteiger partial charge in [0, 0.05) is 5.02 Å². The topological polar surface area (TPSA) is 46.2 Å². The first-order chi connectivity index (χ1) is 8.68. The smallest absolute Gasteiger partial charge is 0.391 e.